The Morgan fingerprint density at radius 1 is 1.28 bits per heavy atom. The highest BCUT2D eigenvalue weighted by Crippen LogP contribution is 2.16. The molecule has 1 aromatic heterocycles. The second-order valence-corrected chi connectivity index (χ2v) is 6.45. The fourth-order valence-electron chi connectivity index (χ4n) is 2.21. The zero-order chi connectivity index (χ0) is 18.7. The maximum Gasteiger partial charge on any atom is 0.135 e. The van der Waals surface area contributed by atoms with Crippen LogP contribution in [0, 0.1) is 6.92 Å². The number of ether oxygens (including phenoxy) is 1. The number of nitrogens with zero attached hydrogens (tertiary/aromatic N) is 2. The summed E-state index contributed by atoms with van der Waals surface area (Å²) in [5.41, 5.74) is 3.69. The Morgan fingerprint density at radius 3 is 2.60 bits per heavy atom. The number of benzene rings is 1. The van der Waals surface area contributed by atoms with Crippen LogP contribution < -0.4 is 0 Å². The van der Waals surface area contributed by atoms with Gasteiger partial charge >= 0.3 is 0 Å². The molecule has 2 aromatic rings. The van der Waals surface area contributed by atoms with Gasteiger partial charge in [-0.2, -0.15) is 0 Å². The first-order chi connectivity index (χ1) is 12.0. The van der Waals surface area contributed by atoms with Crippen molar-refractivity contribution >= 4 is 11.6 Å². The summed E-state index contributed by atoms with van der Waals surface area (Å²) < 4.78 is 7.48. The van der Waals surface area contributed by atoms with Gasteiger partial charge in [-0.3, -0.25) is 0 Å². The van der Waals surface area contributed by atoms with Gasteiger partial charge in [0.15, 0.2) is 0 Å². The van der Waals surface area contributed by atoms with Crippen molar-refractivity contribution in [2.45, 2.75) is 47.8 Å². The minimum atomic E-state index is 0.545. The third-order valence-electron chi connectivity index (χ3n) is 3.31. The Hall–Kier alpha value is -1.84. The number of aromatic nitrogens is 2. The summed E-state index contributed by atoms with van der Waals surface area (Å²) in [5.74, 6) is 0.939. The summed E-state index contributed by atoms with van der Waals surface area (Å²) >= 11 is 6.06. The largest absolute Gasteiger partial charge is 0.374 e. The Balaban J connectivity index is 0.000000381. The molecule has 25 heavy (non-hydrogen) atoms. The van der Waals surface area contributed by atoms with E-state index in [2.05, 4.69) is 35.5 Å². The molecule has 0 aliphatic heterocycles. The number of rotatable bonds is 6. The number of hydrogen-bond acceptors (Lipinski definition) is 2. The van der Waals surface area contributed by atoms with E-state index >= 15 is 0 Å². The van der Waals surface area contributed by atoms with Crippen molar-refractivity contribution in [3.05, 3.63) is 76.4 Å². The van der Waals surface area contributed by atoms with Crippen LogP contribution in [-0.2, 0) is 17.9 Å². The summed E-state index contributed by atoms with van der Waals surface area (Å²) in [7, 11) is 0. The summed E-state index contributed by atoms with van der Waals surface area (Å²) in [6.45, 7) is 12.2. The van der Waals surface area contributed by atoms with Gasteiger partial charge < -0.3 is 9.30 Å². The van der Waals surface area contributed by atoms with Gasteiger partial charge in [-0.1, -0.05) is 41.5 Å². The second-order valence-electron chi connectivity index (χ2n) is 6.02. The smallest absolute Gasteiger partial charge is 0.135 e. The molecule has 0 aliphatic rings. The van der Waals surface area contributed by atoms with E-state index in [1.807, 2.05) is 51.3 Å². The molecule has 0 amide bonds. The molecule has 0 fully saturated rings. The molecule has 136 valence electrons. The standard InChI is InChI=1S/C14H17ClN2O.C7H12/c1-3-18-10-14-16-4-5-17(14)9-12-6-11(2)7-13(15)8-12;1-4-5-6-7(2)3/h4-8H,3,9-10H2,1-2H3;4-6H,1-3H3/b;5-4-. The number of imidazole rings is 1. The van der Waals surface area contributed by atoms with E-state index in [1.54, 1.807) is 6.20 Å². The lowest BCUT2D eigenvalue weighted by molar-refractivity contribution is 0.126. The van der Waals surface area contributed by atoms with Gasteiger partial charge in [-0.25, -0.2) is 4.98 Å². The van der Waals surface area contributed by atoms with E-state index in [9.17, 15) is 0 Å². The summed E-state index contributed by atoms with van der Waals surface area (Å²) in [6, 6.07) is 6.08. The van der Waals surface area contributed by atoms with Crippen LogP contribution in [0.25, 0.3) is 0 Å². The van der Waals surface area contributed by atoms with Gasteiger partial charge in [0.1, 0.15) is 12.4 Å². The lowest BCUT2D eigenvalue weighted by Gasteiger charge is -2.09. The van der Waals surface area contributed by atoms with E-state index in [4.69, 9.17) is 16.3 Å². The van der Waals surface area contributed by atoms with Crippen LogP contribution in [0.1, 0.15) is 44.6 Å². The van der Waals surface area contributed by atoms with Crippen LogP contribution in [0.15, 0.2) is 54.4 Å². The first-order valence-electron chi connectivity index (χ1n) is 8.56. The van der Waals surface area contributed by atoms with Crippen LogP contribution in [0.5, 0.6) is 0 Å². The monoisotopic (exact) mass is 360 g/mol. The fraction of sp³-hybridized carbons (Fsp3) is 0.381. The Kier molecular flexibility index (Phi) is 9.90. The zero-order valence-corrected chi connectivity index (χ0v) is 16.7. The summed E-state index contributed by atoms with van der Waals surface area (Å²) in [6.07, 6.45) is 9.90. The lowest BCUT2D eigenvalue weighted by Crippen LogP contribution is -2.06. The molecule has 0 bridgehead atoms. The average molecular weight is 361 g/mol. The van der Waals surface area contributed by atoms with Crippen LogP contribution in [0.2, 0.25) is 5.02 Å². The molecule has 0 atom stereocenters. The Bertz CT molecular complexity index is 677. The SMILES string of the molecule is C/C=C\C=C(C)C.CCOCc1nccn1Cc1cc(C)cc(Cl)c1. The van der Waals surface area contributed by atoms with Gasteiger partial charge in [0.2, 0.25) is 0 Å². The van der Waals surface area contributed by atoms with Crippen LogP contribution in [0.4, 0.5) is 0 Å². The summed E-state index contributed by atoms with van der Waals surface area (Å²) in [5, 5.41) is 0.775. The summed E-state index contributed by atoms with van der Waals surface area (Å²) in [4.78, 5) is 4.30. The highest BCUT2D eigenvalue weighted by molar-refractivity contribution is 6.30. The van der Waals surface area contributed by atoms with E-state index in [0.29, 0.717) is 13.2 Å². The predicted molar refractivity (Wildman–Crippen MR) is 107 cm³/mol. The quantitative estimate of drug-likeness (QED) is 0.594. The van der Waals surface area contributed by atoms with Crippen molar-refractivity contribution in [1.29, 1.82) is 0 Å². The molecule has 0 saturated heterocycles. The molecular weight excluding hydrogens is 332 g/mol. The number of hydrogen-bond donors (Lipinski definition) is 0. The van der Waals surface area contributed by atoms with E-state index < -0.39 is 0 Å². The lowest BCUT2D eigenvalue weighted by atomic mass is 10.1. The van der Waals surface area contributed by atoms with Gasteiger partial charge in [-0.05, 0) is 57.9 Å². The first kappa shape index (κ1) is 21.2. The molecule has 2 rings (SSSR count). The normalized spacial score (nSPS) is 10.5. The molecule has 4 heteroatoms. The van der Waals surface area contributed by atoms with Gasteiger partial charge in [0, 0.05) is 30.6 Å². The van der Waals surface area contributed by atoms with Crippen molar-refractivity contribution in [3.63, 3.8) is 0 Å². The highest BCUT2D eigenvalue weighted by atomic mass is 35.5. The van der Waals surface area contributed by atoms with Crippen molar-refractivity contribution < 1.29 is 4.74 Å². The van der Waals surface area contributed by atoms with Crippen molar-refractivity contribution in [2.24, 2.45) is 0 Å². The number of aryl methyl sites for hydroxylation is 1. The second kappa shape index (κ2) is 11.7. The molecule has 0 radical (unpaired) electrons. The molecule has 0 unspecified atom stereocenters. The van der Waals surface area contributed by atoms with Crippen molar-refractivity contribution in [3.8, 4) is 0 Å². The van der Waals surface area contributed by atoms with E-state index in [0.717, 1.165) is 17.4 Å². The first-order valence-corrected chi connectivity index (χ1v) is 8.94. The molecule has 1 heterocycles. The molecule has 0 saturated carbocycles. The van der Waals surface area contributed by atoms with E-state index in [-0.39, 0.29) is 0 Å². The minimum Gasteiger partial charge on any atom is -0.374 e. The molecule has 3 nitrogen and oxygen atoms in total. The predicted octanol–water partition coefficient (Wildman–Crippen LogP) is 5.96. The molecule has 0 aliphatic carbocycles. The highest BCUT2D eigenvalue weighted by Gasteiger charge is 2.04. The van der Waals surface area contributed by atoms with Gasteiger partial charge in [0.25, 0.3) is 0 Å². The fourth-order valence-corrected chi connectivity index (χ4v) is 2.52. The maximum absolute atomic E-state index is 6.06. The van der Waals surface area contributed by atoms with E-state index in [1.165, 1.54) is 16.7 Å². The van der Waals surface area contributed by atoms with Crippen molar-refractivity contribution in [2.75, 3.05) is 6.61 Å². The van der Waals surface area contributed by atoms with Crippen LogP contribution >= 0.6 is 11.6 Å². The van der Waals surface area contributed by atoms with Crippen LogP contribution in [0.3, 0.4) is 0 Å². The average Bonchev–Trinajstić information content (AvgIpc) is 2.97. The Morgan fingerprint density at radius 2 is 2.04 bits per heavy atom. The third-order valence-corrected chi connectivity index (χ3v) is 3.53. The number of allylic oxidation sites excluding steroid dienone is 4. The number of halogens is 1. The third kappa shape index (κ3) is 8.71. The molecule has 0 spiro atoms. The zero-order valence-electron chi connectivity index (χ0n) is 15.9. The van der Waals surface area contributed by atoms with Gasteiger partial charge in [-0.15, -0.1) is 0 Å². The molecule has 1 aromatic carbocycles. The van der Waals surface area contributed by atoms with Gasteiger partial charge in [0.05, 0.1) is 0 Å². The molecular formula is C21H29ClN2O. The molecule has 0 N–H and O–H groups in total. The minimum absolute atomic E-state index is 0.545. The topological polar surface area (TPSA) is 27.1 Å². The van der Waals surface area contributed by atoms with Crippen LogP contribution in [-0.4, -0.2) is 16.2 Å². The Labute approximate surface area is 157 Å². The maximum atomic E-state index is 6.06. The van der Waals surface area contributed by atoms with Crippen molar-refractivity contribution in [1.82, 2.24) is 9.55 Å².